The molecule has 5 nitrogen and oxygen atoms in total. The van der Waals surface area contributed by atoms with Crippen molar-refractivity contribution in [2.24, 2.45) is 13.0 Å². The lowest BCUT2D eigenvalue weighted by Gasteiger charge is -2.07. The van der Waals surface area contributed by atoms with Crippen LogP contribution in [-0.2, 0) is 7.05 Å². The van der Waals surface area contributed by atoms with Crippen LogP contribution in [-0.4, -0.2) is 27.2 Å². The Hall–Kier alpha value is -1.91. The monoisotopic (exact) mass is 258 g/mol. The van der Waals surface area contributed by atoms with Crippen LogP contribution in [0.3, 0.4) is 0 Å². The number of carbonyl (C=O) groups is 1. The SMILES string of the molecule is Cc1nc2c(cc1C(=O)NCC1CC1)c(C)nn2C. The van der Waals surface area contributed by atoms with Crippen molar-refractivity contribution >= 4 is 16.9 Å². The number of rotatable bonds is 3. The number of carbonyl (C=O) groups excluding carboxylic acids is 1. The Morgan fingerprint density at radius 2 is 2.16 bits per heavy atom. The summed E-state index contributed by atoms with van der Waals surface area (Å²) in [6, 6.07) is 1.90. The van der Waals surface area contributed by atoms with E-state index in [0.29, 0.717) is 11.5 Å². The van der Waals surface area contributed by atoms with Crippen LogP contribution in [0.15, 0.2) is 6.07 Å². The number of nitrogens with one attached hydrogen (secondary N) is 1. The van der Waals surface area contributed by atoms with Crippen molar-refractivity contribution in [3.63, 3.8) is 0 Å². The predicted octanol–water partition coefficient (Wildman–Crippen LogP) is 1.72. The molecule has 0 unspecified atom stereocenters. The summed E-state index contributed by atoms with van der Waals surface area (Å²) >= 11 is 0. The zero-order valence-corrected chi connectivity index (χ0v) is 11.5. The summed E-state index contributed by atoms with van der Waals surface area (Å²) in [5.74, 6) is 0.656. The van der Waals surface area contributed by atoms with Gasteiger partial charge in [-0.3, -0.25) is 9.48 Å². The number of pyridine rings is 1. The van der Waals surface area contributed by atoms with Gasteiger partial charge in [-0.15, -0.1) is 0 Å². The molecule has 1 aliphatic carbocycles. The highest BCUT2D eigenvalue weighted by atomic mass is 16.1. The van der Waals surface area contributed by atoms with E-state index < -0.39 is 0 Å². The van der Waals surface area contributed by atoms with E-state index in [4.69, 9.17) is 0 Å². The number of aromatic nitrogens is 3. The van der Waals surface area contributed by atoms with Gasteiger partial charge in [-0.2, -0.15) is 5.10 Å². The van der Waals surface area contributed by atoms with E-state index in [9.17, 15) is 4.79 Å². The number of hydrogen-bond acceptors (Lipinski definition) is 3. The number of amides is 1. The van der Waals surface area contributed by atoms with Crippen molar-refractivity contribution in [3.05, 3.63) is 23.0 Å². The van der Waals surface area contributed by atoms with E-state index in [0.717, 1.165) is 29.0 Å². The Labute approximate surface area is 112 Å². The average molecular weight is 258 g/mol. The molecule has 1 saturated carbocycles. The summed E-state index contributed by atoms with van der Waals surface area (Å²) < 4.78 is 1.75. The Bertz CT molecular complexity index is 655. The summed E-state index contributed by atoms with van der Waals surface area (Å²) in [6.07, 6.45) is 2.47. The van der Waals surface area contributed by atoms with Gasteiger partial charge in [-0.25, -0.2) is 4.98 Å². The molecule has 1 aliphatic rings. The quantitative estimate of drug-likeness (QED) is 0.912. The highest BCUT2D eigenvalue weighted by Crippen LogP contribution is 2.27. The molecule has 5 heteroatoms. The topological polar surface area (TPSA) is 59.8 Å². The fourth-order valence-corrected chi connectivity index (χ4v) is 2.32. The van der Waals surface area contributed by atoms with Crippen LogP contribution < -0.4 is 5.32 Å². The zero-order valence-electron chi connectivity index (χ0n) is 11.5. The van der Waals surface area contributed by atoms with E-state index in [1.165, 1.54) is 12.8 Å². The third kappa shape index (κ3) is 2.20. The second-order valence-corrected chi connectivity index (χ2v) is 5.35. The fourth-order valence-electron chi connectivity index (χ4n) is 2.32. The molecule has 0 spiro atoms. The van der Waals surface area contributed by atoms with Crippen LogP contribution in [0.25, 0.3) is 11.0 Å². The Kier molecular flexibility index (Phi) is 2.77. The minimum Gasteiger partial charge on any atom is -0.352 e. The summed E-state index contributed by atoms with van der Waals surface area (Å²) in [4.78, 5) is 16.7. The highest BCUT2D eigenvalue weighted by molar-refractivity contribution is 5.98. The van der Waals surface area contributed by atoms with Crippen molar-refractivity contribution in [1.82, 2.24) is 20.1 Å². The van der Waals surface area contributed by atoms with Gasteiger partial charge in [0.25, 0.3) is 5.91 Å². The smallest absolute Gasteiger partial charge is 0.253 e. The summed E-state index contributed by atoms with van der Waals surface area (Å²) in [5, 5.41) is 8.27. The molecule has 1 N–H and O–H groups in total. The van der Waals surface area contributed by atoms with Crippen molar-refractivity contribution in [2.45, 2.75) is 26.7 Å². The largest absolute Gasteiger partial charge is 0.352 e. The molecule has 2 aromatic heterocycles. The first-order chi connectivity index (χ1) is 9.06. The first kappa shape index (κ1) is 12.1. The van der Waals surface area contributed by atoms with Gasteiger partial charge in [-0.1, -0.05) is 0 Å². The van der Waals surface area contributed by atoms with Crippen molar-refractivity contribution < 1.29 is 4.79 Å². The molecule has 19 heavy (non-hydrogen) atoms. The minimum atomic E-state index is -0.0259. The molecule has 0 saturated heterocycles. The van der Waals surface area contributed by atoms with Crippen molar-refractivity contribution in [1.29, 1.82) is 0 Å². The van der Waals surface area contributed by atoms with Crippen LogP contribution in [0.5, 0.6) is 0 Å². The number of aryl methyl sites for hydroxylation is 3. The van der Waals surface area contributed by atoms with E-state index in [-0.39, 0.29) is 5.91 Å². The molecule has 1 fully saturated rings. The lowest BCUT2D eigenvalue weighted by molar-refractivity contribution is 0.0951. The second-order valence-electron chi connectivity index (χ2n) is 5.35. The van der Waals surface area contributed by atoms with Gasteiger partial charge < -0.3 is 5.32 Å². The van der Waals surface area contributed by atoms with Crippen LogP contribution in [0.1, 0.15) is 34.6 Å². The van der Waals surface area contributed by atoms with Gasteiger partial charge >= 0.3 is 0 Å². The van der Waals surface area contributed by atoms with E-state index >= 15 is 0 Å². The molecule has 2 heterocycles. The molecule has 0 aliphatic heterocycles. The average Bonchev–Trinajstić information content (AvgIpc) is 3.15. The van der Waals surface area contributed by atoms with Gasteiger partial charge in [0.2, 0.25) is 0 Å². The third-order valence-corrected chi connectivity index (χ3v) is 3.68. The van der Waals surface area contributed by atoms with E-state index in [2.05, 4.69) is 15.4 Å². The Morgan fingerprint density at radius 1 is 1.42 bits per heavy atom. The number of hydrogen-bond donors (Lipinski definition) is 1. The third-order valence-electron chi connectivity index (χ3n) is 3.68. The Morgan fingerprint density at radius 3 is 2.84 bits per heavy atom. The maximum absolute atomic E-state index is 12.2. The lowest BCUT2D eigenvalue weighted by atomic mass is 10.1. The van der Waals surface area contributed by atoms with Crippen molar-refractivity contribution in [3.8, 4) is 0 Å². The molecule has 2 aromatic rings. The van der Waals surface area contributed by atoms with Crippen LogP contribution in [0.4, 0.5) is 0 Å². The minimum absolute atomic E-state index is 0.0259. The molecular weight excluding hydrogens is 240 g/mol. The predicted molar refractivity (Wildman–Crippen MR) is 73.0 cm³/mol. The van der Waals surface area contributed by atoms with Gasteiger partial charge in [0.05, 0.1) is 17.0 Å². The first-order valence-electron chi connectivity index (χ1n) is 6.65. The molecule has 0 bridgehead atoms. The van der Waals surface area contributed by atoms with Crippen molar-refractivity contribution in [2.75, 3.05) is 6.54 Å². The standard InChI is InChI=1S/C14H18N4O/c1-8-12(14(19)15-7-10-4-5-10)6-11-9(2)17-18(3)13(11)16-8/h6,10H,4-5,7H2,1-3H3,(H,15,19). The van der Waals surface area contributed by atoms with E-state index in [1.54, 1.807) is 4.68 Å². The molecule has 0 aromatic carbocycles. The molecule has 3 rings (SSSR count). The maximum Gasteiger partial charge on any atom is 0.253 e. The number of fused-ring (bicyclic) bond motifs is 1. The first-order valence-corrected chi connectivity index (χ1v) is 6.65. The maximum atomic E-state index is 12.2. The lowest BCUT2D eigenvalue weighted by Crippen LogP contribution is -2.26. The molecular formula is C14H18N4O. The van der Waals surface area contributed by atoms with Gasteiger partial charge in [0, 0.05) is 19.0 Å². The van der Waals surface area contributed by atoms with Crippen LogP contribution >= 0.6 is 0 Å². The molecule has 0 atom stereocenters. The summed E-state index contributed by atoms with van der Waals surface area (Å²) in [5.41, 5.74) is 3.14. The fraction of sp³-hybridized carbons (Fsp3) is 0.500. The van der Waals surface area contributed by atoms with Gasteiger partial charge in [0.15, 0.2) is 5.65 Å². The summed E-state index contributed by atoms with van der Waals surface area (Å²) in [7, 11) is 1.87. The van der Waals surface area contributed by atoms with Crippen LogP contribution in [0.2, 0.25) is 0 Å². The van der Waals surface area contributed by atoms with E-state index in [1.807, 2.05) is 27.0 Å². The molecule has 100 valence electrons. The second kappa shape index (κ2) is 4.33. The molecule has 0 radical (unpaired) electrons. The normalized spacial score (nSPS) is 14.9. The summed E-state index contributed by atoms with van der Waals surface area (Å²) in [6.45, 7) is 4.58. The molecule has 1 amide bonds. The Balaban J connectivity index is 1.95. The van der Waals surface area contributed by atoms with Crippen LogP contribution in [0, 0.1) is 19.8 Å². The number of nitrogens with zero attached hydrogens (tertiary/aromatic N) is 3. The zero-order chi connectivity index (χ0) is 13.6. The van der Waals surface area contributed by atoms with Gasteiger partial charge in [0.1, 0.15) is 0 Å². The van der Waals surface area contributed by atoms with Gasteiger partial charge in [-0.05, 0) is 38.7 Å². The highest BCUT2D eigenvalue weighted by Gasteiger charge is 2.22.